The maximum absolute atomic E-state index is 15.9. The number of aliphatic carboxylic acids is 1. The average Bonchev–Trinajstić information content (AvgIpc) is 0.771. The minimum absolute atomic E-state index is 0.0324. The van der Waals surface area contributed by atoms with Gasteiger partial charge in [-0.2, -0.15) is 0 Å². The van der Waals surface area contributed by atoms with Crippen LogP contribution in [0, 0.1) is 5.92 Å². The van der Waals surface area contributed by atoms with Crippen molar-refractivity contribution in [1.82, 2.24) is 37.2 Å². The highest BCUT2D eigenvalue weighted by molar-refractivity contribution is 6.32. The molecular formula is C78H93Cl2N9O27. The zero-order chi connectivity index (χ0) is 85.1. The summed E-state index contributed by atoms with van der Waals surface area (Å²) in [5, 5.41) is 132. The van der Waals surface area contributed by atoms with E-state index in [1.165, 1.54) is 40.1 Å². The second-order valence-electron chi connectivity index (χ2n) is 28.8. The Morgan fingerprint density at radius 3 is 1.96 bits per heavy atom. The van der Waals surface area contributed by atoms with Crippen molar-refractivity contribution in [2.45, 2.75) is 177 Å². The van der Waals surface area contributed by atoms with Gasteiger partial charge in [0.1, 0.15) is 77.3 Å². The number of halogens is 2. The number of phenolic OH excluding ortho intramolecular Hbond substituents is 3. The number of hydrogen-bond donors (Lipinski definition) is 19. The Bertz CT molecular complexity index is 4600. The fraction of sp³-hybridized carbons (Fsp3) is 0.423. The Morgan fingerprint density at radius 1 is 0.724 bits per heavy atom. The number of hydrogen-bond acceptors (Lipinski definition) is 28. The summed E-state index contributed by atoms with van der Waals surface area (Å²) in [6.07, 6.45) is -21.0. The summed E-state index contributed by atoms with van der Waals surface area (Å²) in [6, 6.07) is 10.4. The number of benzene rings is 6. The minimum atomic E-state index is -2.36. The van der Waals surface area contributed by atoms with Gasteiger partial charge in [0.15, 0.2) is 36.0 Å². The maximum atomic E-state index is 15.9. The van der Waals surface area contributed by atoms with Crippen LogP contribution in [0.2, 0.25) is 10.0 Å². The lowest BCUT2D eigenvalue weighted by Crippen LogP contribution is -2.62. The number of carboxylic acid groups (broad SMARTS) is 1. The van der Waals surface area contributed by atoms with Gasteiger partial charge in [-0.25, -0.2) is 9.59 Å². The number of fused-ring (bicyclic) bond motifs is 16. The van der Waals surface area contributed by atoms with Crippen LogP contribution in [-0.2, 0) is 73.4 Å². The average molecular weight is 1660 g/mol. The smallest absolute Gasteiger partial charge is 0.336 e. The Balaban J connectivity index is 1.24. The third-order valence-corrected chi connectivity index (χ3v) is 20.0. The number of nitrogens with one attached hydrogen (secondary N) is 7. The molecule has 36 nitrogen and oxygen atoms in total. The molecule has 1 saturated heterocycles. The number of aliphatic hydroxyl groups is 6. The number of ether oxygens (including phenoxy) is 8. The number of esters is 1. The summed E-state index contributed by atoms with van der Waals surface area (Å²) in [4.78, 5) is 128. The van der Waals surface area contributed by atoms with Crippen LogP contribution in [0.15, 0.2) is 109 Å². The van der Waals surface area contributed by atoms with Crippen molar-refractivity contribution in [3.05, 3.63) is 153 Å². The van der Waals surface area contributed by atoms with Gasteiger partial charge in [-0.15, -0.1) is 0 Å². The van der Waals surface area contributed by atoms with E-state index in [0.717, 1.165) is 72.3 Å². The molecule has 0 aromatic heterocycles. The molecule has 11 rings (SSSR count). The van der Waals surface area contributed by atoms with Crippen LogP contribution >= 0.6 is 23.2 Å². The quantitative estimate of drug-likeness (QED) is 0.0289. The van der Waals surface area contributed by atoms with Crippen molar-refractivity contribution in [1.29, 1.82) is 0 Å². The van der Waals surface area contributed by atoms with Crippen molar-refractivity contribution < 1.29 is 132 Å². The third-order valence-electron chi connectivity index (χ3n) is 19.4. The number of carbonyl (C=O) groups is 9. The summed E-state index contributed by atoms with van der Waals surface area (Å²) in [5.74, 6) is -16.8. The molecule has 0 spiro atoms. The number of likely N-dealkylation sites (N-methyl/N-ethyl adjacent to an activating group) is 1. The van der Waals surface area contributed by atoms with Crippen LogP contribution < -0.4 is 62.9 Å². The fourth-order valence-corrected chi connectivity index (χ4v) is 13.7. The monoisotopic (exact) mass is 1660 g/mol. The van der Waals surface area contributed by atoms with Crippen LogP contribution in [-0.4, -0.2) is 211 Å². The molecule has 5 aliphatic heterocycles. The van der Waals surface area contributed by atoms with Crippen molar-refractivity contribution >= 4 is 76.5 Å². The minimum Gasteiger partial charge on any atom is -0.508 e. The topological polar surface area (TPSA) is 566 Å². The summed E-state index contributed by atoms with van der Waals surface area (Å²) in [7, 11) is 2.65. The first kappa shape index (κ1) is 89.4. The number of carboxylic acids is 1. The van der Waals surface area contributed by atoms with Crippen molar-refractivity contribution in [3.63, 3.8) is 0 Å². The molecule has 0 aliphatic carbocycles. The zero-order valence-electron chi connectivity index (χ0n) is 63.9. The van der Waals surface area contributed by atoms with Crippen molar-refractivity contribution in [2.24, 2.45) is 17.4 Å². The van der Waals surface area contributed by atoms with E-state index in [9.17, 15) is 84.6 Å². The van der Waals surface area contributed by atoms with E-state index in [0.29, 0.717) is 0 Å². The predicted molar refractivity (Wildman–Crippen MR) is 409 cm³/mol. The molecule has 0 saturated carbocycles. The second-order valence-corrected chi connectivity index (χ2v) is 29.6. The number of rotatable bonds is 25. The van der Waals surface area contributed by atoms with E-state index in [4.69, 9.17) is 72.6 Å². The normalized spacial score (nSPS) is 23.4. The van der Waals surface area contributed by atoms with Crippen molar-refractivity contribution in [3.8, 4) is 57.1 Å². The van der Waals surface area contributed by atoms with Gasteiger partial charge in [-0.05, 0) is 129 Å². The van der Waals surface area contributed by atoms with E-state index in [2.05, 4.69) is 37.2 Å². The van der Waals surface area contributed by atoms with Crippen LogP contribution in [0.3, 0.4) is 0 Å². The van der Waals surface area contributed by atoms with Crippen molar-refractivity contribution in [2.75, 3.05) is 27.3 Å². The molecule has 21 N–H and O–H groups in total. The number of phenols is 3. The first-order valence-corrected chi connectivity index (χ1v) is 37.2. The molecule has 5 heterocycles. The first-order chi connectivity index (χ1) is 54.8. The molecule has 5 aliphatic rings. The molecule has 1 fully saturated rings. The van der Waals surface area contributed by atoms with Gasteiger partial charge in [-0.3, -0.25) is 33.6 Å². The molecule has 7 amide bonds. The maximum Gasteiger partial charge on any atom is 0.336 e. The van der Waals surface area contributed by atoms with Gasteiger partial charge < -0.3 is 138 Å². The number of primary amides is 2. The summed E-state index contributed by atoms with van der Waals surface area (Å²) < 4.78 is 49.7. The van der Waals surface area contributed by atoms with Crippen LogP contribution in [0.4, 0.5) is 0 Å². The van der Waals surface area contributed by atoms with Gasteiger partial charge in [0.25, 0.3) is 0 Å². The number of aromatic hydroxyl groups is 3. The molecule has 116 heavy (non-hydrogen) atoms. The SMILES string of the molecule is CN[C@H](CC(C)C)C(=O)NC1C(=O)N[C@@H](CC(N)=O)C(=O)N[C@H]2C(=O)N[C@@H](C(N)=O)c3ccc(O)c(c3)-c3c(O)cc(O)cc3[C@H](C(=O)O)NC(=O)C[C@H](O)c3ccc(c(Cl)c3)Oc3cc2cc(c3OC2OC(CO)C(O)C(O)C2OC(C)OC(C)C(O)C(C)(C)NCC(OCc2ccccc2)C(=O)OC)Oc2ccc(cc2Cl)[C@H]1O. The van der Waals surface area contributed by atoms with Crippen LogP contribution in [0.5, 0.6) is 46.0 Å². The second kappa shape index (κ2) is 38.9. The van der Waals surface area contributed by atoms with Crippen LogP contribution in [0.1, 0.15) is 125 Å². The number of methoxy groups -OCH3 is 1. The van der Waals surface area contributed by atoms with Gasteiger partial charge >= 0.3 is 11.9 Å². The molecule has 6 aromatic rings. The van der Waals surface area contributed by atoms with E-state index in [-0.39, 0.29) is 47.9 Å². The first-order valence-electron chi connectivity index (χ1n) is 36.4. The Kier molecular flexibility index (Phi) is 30.0. The number of aliphatic hydroxyl groups excluding tert-OH is 6. The zero-order valence-corrected chi connectivity index (χ0v) is 65.4. The van der Waals surface area contributed by atoms with Gasteiger partial charge in [0.05, 0.1) is 67.6 Å². The van der Waals surface area contributed by atoms with E-state index < -0.39 is 255 Å². The van der Waals surface area contributed by atoms with E-state index in [1.54, 1.807) is 38.1 Å². The Morgan fingerprint density at radius 2 is 1.36 bits per heavy atom. The Labute approximate surface area is 673 Å². The molecule has 17 atom stereocenters. The highest BCUT2D eigenvalue weighted by Gasteiger charge is 2.49. The number of nitrogens with two attached hydrogens (primary N) is 2. The van der Waals surface area contributed by atoms with E-state index >= 15 is 9.59 Å². The molecule has 38 heteroatoms. The van der Waals surface area contributed by atoms with E-state index in [1.807, 2.05) is 19.9 Å². The summed E-state index contributed by atoms with van der Waals surface area (Å²) in [5.41, 5.74) is 8.40. The lowest BCUT2D eigenvalue weighted by atomic mass is 9.90. The van der Waals surface area contributed by atoms with Gasteiger partial charge in [-0.1, -0.05) is 85.6 Å². The van der Waals surface area contributed by atoms with Crippen LogP contribution in [0.25, 0.3) is 11.1 Å². The standard InChI is InChI=1S/C78H93Cl2N9O27/c1-33(2)20-46(83-7)71(102)89-63-64(97)39-16-19-52(45(80)23-39)114-54-25-40-24-53(67(54)116-77-68(66(99)65(98)56(31-90)115-77)112-35(4)111-34(3)69(100)78(5,6)84-30-55(76(108)109-8)110-32-36-12-10-9-11-13-36)113-51-18-15-37(22-44(51)79)49(93)29-58(96)86-62(75(106)107)43-26-41(91)27-50(94)59(43)42-21-38(14-17-48(42)92)60(70(82)101)87-73(104)61(40)88-72(103)47(28-57(81)95)85-74(63)105/h9-19,21-27,33-35,46-47,49,55-56,60-66,68-69,77,83-84,90-94,97-100H,20,28-32H2,1-8H3,(H2,81,95)(H2,82,101)(H,85,105)(H,86,96)(H,87,104)(H,88,103)(H,89,102)(H,106,107)/t34?,35?,46-,47+,49+,55?,56?,60-,61-,62-,63?,64-,65?,66?,68?,69?,77?/m1/s1. The van der Waals surface area contributed by atoms with Gasteiger partial charge in [0, 0.05) is 34.8 Å². The Hall–Kier alpha value is -10.5. The summed E-state index contributed by atoms with van der Waals surface area (Å²) >= 11 is 14.1. The molecule has 626 valence electrons. The highest BCUT2D eigenvalue weighted by atomic mass is 35.5. The number of carbonyl (C=O) groups excluding carboxylic acids is 8. The molecular weight excluding hydrogens is 1570 g/mol. The van der Waals surface area contributed by atoms with Gasteiger partial charge in [0.2, 0.25) is 53.4 Å². The fourth-order valence-electron chi connectivity index (χ4n) is 13.3. The molecule has 0 radical (unpaired) electrons. The largest absolute Gasteiger partial charge is 0.508 e. The molecule has 9 bridgehead atoms. The highest BCUT2D eigenvalue weighted by Crippen LogP contribution is 2.50. The molecule has 10 unspecified atom stereocenters. The lowest BCUT2D eigenvalue weighted by molar-refractivity contribution is -0.320. The third kappa shape index (κ3) is 21.7. The predicted octanol–water partition coefficient (Wildman–Crippen LogP) is 2.51. The summed E-state index contributed by atoms with van der Waals surface area (Å²) in [6.45, 7) is 8.47. The number of amides is 7. The molecule has 6 aromatic carbocycles. The lowest BCUT2D eigenvalue weighted by Gasteiger charge is -2.43.